The Bertz CT molecular complexity index is 709. The maximum absolute atomic E-state index is 13.4. The van der Waals surface area contributed by atoms with Crippen LogP contribution < -0.4 is 5.32 Å². The molecule has 7 heteroatoms. The third-order valence-electron chi connectivity index (χ3n) is 4.58. The Balaban J connectivity index is 2.31. The second kappa shape index (κ2) is 9.90. The van der Waals surface area contributed by atoms with Crippen molar-refractivity contribution in [2.75, 3.05) is 27.2 Å². The van der Waals surface area contributed by atoms with Crippen molar-refractivity contribution in [3.05, 3.63) is 41.2 Å². The zero-order valence-corrected chi connectivity index (χ0v) is 16.3. The summed E-state index contributed by atoms with van der Waals surface area (Å²) in [5, 5.41) is 10.2. The molecule has 0 unspecified atom stereocenters. The van der Waals surface area contributed by atoms with E-state index in [1.165, 1.54) is 12.1 Å². The van der Waals surface area contributed by atoms with Gasteiger partial charge in [-0.1, -0.05) is 25.8 Å². The van der Waals surface area contributed by atoms with Gasteiger partial charge in [0, 0.05) is 31.4 Å². The summed E-state index contributed by atoms with van der Waals surface area (Å²) in [4.78, 5) is 2.09. The molecule has 0 saturated heterocycles. The largest absolute Gasteiger partial charge is 0.416 e. The molecule has 0 aliphatic heterocycles. The van der Waals surface area contributed by atoms with Gasteiger partial charge in [-0.3, -0.25) is 10.00 Å². The quantitative estimate of drug-likeness (QED) is 0.596. The van der Waals surface area contributed by atoms with Gasteiger partial charge in [-0.2, -0.15) is 18.3 Å². The number of hydrogen-bond acceptors (Lipinski definition) is 3. The van der Waals surface area contributed by atoms with Gasteiger partial charge in [-0.25, -0.2) is 0 Å². The van der Waals surface area contributed by atoms with Crippen molar-refractivity contribution in [1.29, 1.82) is 0 Å². The van der Waals surface area contributed by atoms with Crippen LogP contribution in [-0.2, 0) is 19.1 Å². The number of nitrogens with one attached hydrogen (secondary N) is 2. The van der Waals surface area contributed by atoms with Crippen LogP contribution in [0.5, 0.6) is 0 Å². The van der Waals surface area contributed by atoms with E-state index in [2.05, 4.69) is 27.3 Å². The molecule has 0 atom stereocenters. The molecule has 1 heterocycles. The maximum Gasteiger partial charge on any atom is 0.416 e. The number of alkyl halides is 3. The molecule has 150 valence electrons. The van der Waals surface area contributed by atoms with Gasteiger partial charge in [-0.15, -0.1) is 0 Å². The molecule has 0 radical (unpaired) electrons. The Kier molecular flexibility index (Phi) is 7.86. The van der Waals surface area contributed by atoms with E-state index in [0.29, 0.717) is 18.5 Å². The van der Waals surface area contributed by atoms with E-state index in [1.807, 2.05) is 20.2 Å². The zero-order valence-electron chi connectivity index (χ0n) is 16.3. The number of nitrogens with zero attached hydrogens (tertiary/aromatic N) is 2. The van der Waals surface area contributed by atoms with E-state index in [-0.39, 0.29) is 0 Å². The van der Waals surface area contributed by atoms with Crippen molar-refractivity contribution in [1.82, 2.24) is 20.4 Å². The Morgan fingerprint density at radius 2 is 1.96 bits per heavy atom. The van der Waals surface area contributed by atoms with Gasteiger partial charge in [0.1, 0.15) is 0 Å². The minimum absolute atomic E-state index is 0.571. The second-order valence-corrected chi connectivity index (χ2v) is 6.96. The summed E-state index contributed by atoms with van der Waals surface area (Å²) >= 11 is 0. The monoisotopic (exact) mass is 382 g/mol. The van der Waals surface area contributed by atoms with Gasteiger partial charge in [0.25, 0.3) is 0 Å². The van der Waals surface area contributed by atoms with Crippen molar-refractivity contribution in [3.63, 3.8) is 0 Å². The molecule has 4 nitrogen and oxygen atoms in total. The van der Waals surface area contributed by atoms with E-state index in [4.69, 9.17) is 0 Å². The molecule has 0 spiro atoms. The van der Waals surface area contributed by atoms with Crippen molar-refractivity contribution < 1.29 is 13.2 Å². The first-order chi connectivity index (χ1) is 12.8. The fourth-order valence-electron chi connectivity index (χ4n) is 3.06. The van der Waals surface area contributed by atoms with Gasteiger partial charge in [-0.05, 0) is 50.2 Å². The predicted molar refractivity (Wildman–Crippen MR) is 103 cm³/mol. The van der Waals surface area contributed by atoms with E-state index in [0.717, 1.165) is 49.2 Å². The molecule has 2 aromatic rings. The van der Waals surface area contributed by atoms with Crippen molar-refractivity contribution in [2.24, 2.45) is 0 Å². The molecule has 0 bridgehead atoms. The van der Waals surface area contributed by atoms with E-state index in [9.17, 15) is 13.2 Å². The molecule has 1 aromatic heterocycles. The van der Waals surface area contributed by atoms with Crippen LogP contribution in [0.4, 0.5) is 13.2 Å². The van der Waals surface area contributed by atoms with Crippen LogP contribution in [0.3, 0.4) is 0 Å². The first-order valence-electron chi connectivity index (χ1n) is 9.42. The minimum atomic E-state index is -4.36. The number of aryl methyl sites for hydroxylation is 1. The van der Waals surface area contributed by atoms with Gasteiger partial charge < -0.3 is 5.32 Å². The lowest BCUT2D eigenvalue weighted by atomic mass is 9.97. The number of unbranched alkanes of at least 4 members (excludes halogenated alkanes) is 2. The van der Waals surface area contributed by atoms with Crippen molar-refractivity contribution in [3.8, 4) is 11.1 Å². The summed E-state index contributed by atoms with van der Waals surface area (Å²) in [6.45, 7) is 4.32. The summed E-state index contributed by atoms with van der Waals surface area (Å²) in [6, 6.07) is 4.37. The fourth-order valence-corrected chi connectivity index (χ4v) is 3.06. The molecule has 1 aromatic carbocycles. The third-order valence-corrected chi connectivity index (χ3v) is 4.58. The van der Waals surface area contributed by atoms with Crippen molar-refractivity contribution >= 4 is 0 Å². The van der Waals surface area contributed by atoms with E-state index < -0.39 is 11.7 Å². The van der Waals surface area contributed by atoms with Crippen LogP contribution in [0.1, 0.15) is 43.0 Å². The SMILES string of the molecule is CCCCCc1cc(-c2c[nH]nc2CN(C)CCNC)cc(C(F)(F)F)c1. The first-order valence-corrected chi connectivity index (χ1v) is 9.42. The smallest absolute Gasteiger partial charge is 0.318 e. The number of aromatic amines is 1. The highest BCUT2D eigenvalue weighted by atomic mass is 19.4. The summed E-state index contributed by atoms with van der Waals surface area (Å²) in [6.07, 6.45) is 0.924. The average Bonchev–Trinajstić information content (AvgIpc) is 3.07. The number of benzene rings is 1. The average molecular weight is 382 g/mol. The molecule has 0 amide bonds. The van der Waals surface area contributed by atoms with Crippen molar-refractivity contribution in [2.45, 2.75) is 45.3 Å². The minimum Gasteiger partial charge on any atom is -0.318 e. The number of H-pyrrole nitrogens is 1. The van der Waals surface area contributed by atoms with Crippen LogP contribution >= 0.6 is 0 Å². The number of rotatable bonds is 10. The highest BCUT2D eigenvalue weighted by Crippen LogP contribution is 2.34. The first kappa shape index (κ1) is 21.4. The molecular weight excluding hydrogens is 353 g/mol. The van der Waals surface area contributed by atoms with Crippen LogP contribution in [-0.4, -0.2) is 42.3 Å². The van der Waals surface area contributed by atoms with Gasteiger partial charge in [0.15, 0.2) is 0 Å². The summed E-state index contributed by atoms with van der Waals surface area (Å²) in [5.41, 5.74) is 2.19. The molecule has 2 N–H and O–H groups in total. The lowest BCUT2D eigenvalue weighted by Gasteiger charge is -2.16. The topological polar surface area (TPSA) is 44.0 Å². The van der Waals surface area contributed by atoms with E-state index in [1.54, 1.807) is 6.20 Å². The third kappa shape index (κ3) is 6.36. The number of hydrogen-bond donors (Lipinski definition) is 2. The zero-order chi connectivity index (χ0) is 19.9. The molecule has 27 heavy (non-hydrogen) atoms. The van der Waals surface area contributed by atoms with Crippen LogP contribution in [0.25, 0.3) is 11.1 Å². The molecule has 0 saturated carbocycles. The Morgan fingerprint density at radius 3 is 2.63 bits per heavy atom. The molecule has 0 aliphatic carbocycles. The van der Waals surface area contributed by atoms with Crippen LogP contribution in [0.15, 0.2) is 24.4 Å². The predicted octanol–water partition coefficient (Wildman–Crippen LogP) is 4.48. The van der Waals surface area contributed by atoms with E-state index >= 15 is 0 Å². The van der Waals surface area contributed by atoms with Gasteiger partial charge in [0.2, 0.25) is 0 Å². The lowest BCUT2D eigenvalue weighted by Crippen LogP contribution is -2.27. The van der Waals surface area contributed by atoms with Crippen LogP contribution in [0, 0.1) is 0 Å². The standard InChI is InChI=1S/C20H29F3N4/c1-4-5-6-7-15-10-16(12-17(11-15)20(21,22)23)18-13-25-26-19(18)14-27(3)9-8-24-2/h10-13,24H,4-9,14H2,1-3H3,(H,25,26). The molecule has 2 rings (SSSR count). The Morgan fingerprint density at radius 1 is 1.19 bits per heavy atom. The van der Waals surface area contributed by atoms with Gasteiger partial charge >= 0.3 is 6.18 Å². The molecule has 0 aliphatic rings. The fraction of sp³-hybridized carbons (Fsp3) is 0.550. The van der Waals surface area contributed by atoms with Crippen LogP contribution in [0.2, 0.25) is 0 Å². The molecule has 0 fully saturated rings. The summed E-state index contributed by atoms with van der Waals surface area (Å²) < 4.78 is 40.2. The summed E-state index contributed by atoms with van der Waals surface area (Å²) in [5.74, 6) is 0. The Labute approximate surface area is 159 Å². The maximum atomic E-state index is 13.4. The number of halogens is 3. The second-order valence-electron chi connectivity index (χ2n) is 6.96. The molecular formula is C20H29F3N4. The normalized spacial score (nSPS) is 12.1. The lowest BCUT2D eigenvalue weighted by molar-refractivity contribution is -0.137. The Hall–Kier alpha value is -1.86. The highest BCUT2D eigenvalue weighted by molar-refractivity contribution is 5.67. The highest BCUT2D eigenvalue weighted by Gasteiger charge is 2.31. The number of likely N-dealkylation sites (N-methyl/N-ethyl adjacent to an activating group) is 2. The number of aromatic nitrogens is 2. The summed E-state index contributed by atoms with van der Waals surface area (Å²) in [7, 11) is 3.86. The van der Waals surface area contributed by atoms with Gasteiger partial charge in [0.05, 0.1) is 11.3 Å².